The van der Waals surface area contributed by atoms with E-state index in [0.717, 1.165) is 43.3 Å². The summed E-state index contributed by atoms with van der Waals surface area (Å²) in [5.74, 6) is 2.60. The van der Waals surface area contributed by atoms with Crippen LogP contribution < -0.4 is 5.32 Å². The van der Waals surface area contributed by atoms with Crippen molar-refractivity contribution in [1.82, 2.24) is 15.5 Å². The summed E-state index contributed by atoms with van der Waals surface area (Å²) in [7, 11) is 0. The van der Waals surface area contributed by atoms with Gasteiger partial charge in [-0.25, -0.2) is 0 Å². The molecule has 3 atom stereocenters. The molecule has 1 aromatic carbocycles. The number of amides is 1. The van der Waals surface area contributed by atoms with Crippen LogP contribution >= 0.6 is 0 Å². The van der Waals surface area contributed by atoms with Crippen molar-refractivity contribution in [3.8, 4) is 11.4 Å². The number of fused-ring (bicyclic) bond motifs is 1. The highest BCUT2D eigenvalue weighted by atomic mass is 16.5. The van der Waals surface area contributed by atoms with Crippen LogP contribution in [0.15, 0.2) is 28.8 Å². The SMILES string of the molecule is O=C(NC1CC1)c1ccc(-c2noc(C3CC4CC4CO3)n2)cc1. The van der Waals surface area contributed by atoms with E-state index >= 15 is 0 Å². The molecule has 124 valence electrons. The number of carbonyl (C=O) groups is 1. The summed E-state index contributed by atoms with van der Waals surface area (Å²) in [6, 6.07) is 7.67. The zero-order valence-electron chi connectivity index (χ0n) is 13.3. The Kier molecular flexibility index (Phi) is 3.19. The van der Waals surface area contributed by atoms with Crippen LogP contribution in [-0.4, -0.2) is 28.7 Å². The molecule has 6 nitrogen and oxygen atoms in total. The fourth-order valence-electron chi connectivity index (χ4n) is 3.31. The number of hydrogen-bond acceptors (Lipinski definition) is 5. The number of aromatic nitrogens is 2. The first kappa shape index (κ1) is 14.2. The average molecular weight is 325 g/mol. The third-order valence-corrected chi connectivity index (χ3v) is 5.13. The largest absolute Gasteiger partial charge is 0.368 e. The normalized spacial score (nSPS) is 28.2. The lowest BCUT2D eigenvalue weighted by molar-refractivity contribution is -0.0102. The van der Waals surface area contributed by atoms with Crippen LogP contribution in [-0.2, 0) is 4.74 Å². The van der Waals surface area contributed by atoms with Crippen molar-refractivity contribution >= 4 is 5.91 Å². The van der Waals surface area contributed by atoms with Crippen LogP contribution in [0.5, 0.6) is 0 Å². The molecule has 5 rings (SSSR count). The predicted molar refractivity (Wildman–Crippen MR) is 85.1 cm³/mol. The monoisotopic (exact) mass is 325 g/mol. The van der Waals surface area contributed by atoms with Gasteiger partial charge in [-0.1, -0.05) is 17.3 Å². The summed E-state index contributed by atoms with van der Waals surface area (Å²) in [6.45, 7) is 0.803. The highest BCUT2D eigenvalue weighted by Gasteiger charge is 2.44. The summed E-state index contributed by atoms with van der Waals surface area (Å²) in [6.07, 6.45) is 4.34. The fraction of sp³-hybridized carbons (Fsp3) is 0.500. The standard InChI is InChI=1S/C18H19N3O3/c22-17(19-14-5-6-14)11-3-1-10(2-4-11)16-20-18(24-21-16)15-8-12-7-13(12)9-23-15/h1-4,12-15H,5-9H2,(H,19,22). The molecule has 2 saturated carbocycles. The van der Waals surface area contributed by atoms with Crippen LogP contribution in [0, 0.1) is 11.8 Å². The fourth-order valence-corrected chi connectivity index (χ4v) is 3.31. The minimum Gasteiger partial charge on any atom is -0.368 e. The maximum Gasteiger partial charge on any atom is 0.256 e. The Morgan fingerprint density at radius 1 is 1.12 bits per heavy atom. The second-order valence-corrected chi connectivity index (χ2v) is 7.09. The highest BCUT2D eigenvalue weighted by Crippen LogP contribution is 2.49. The Hall–Kier alpha value is -2.21. The van der Waals surface area contributed by atoms with Crippen molar-refractivity contribution < 1.29 is 14.1 Å². The van der Waals surface area contributed by atoms with Gasteiger partial charge in [0.25, 0.3) is 11.8 Å². The van der Waals surface area contributed by atoms with Crippen molar-refractivity contribution in [2.45, 2.75) is 37.8 Å². The molecule has 2 heterocycles. The Morgan fingerprint density at radius 3 is 2.71 bits per heavy atom. The van der Waals surface area contributed by atoms with Crippen molar-refractivity contribution in [3.05, 3.63) is 35.7 Å². The molecule has 0 bridgehead atoms. The Morgan fingerprint density at radius 2 is 1.96 bits per heavy atom. The Balaban J connectivity index is 1.30. The smallest absolute Gasteiger partial charge is 0.256 e. The molecule has 1 amide bonds. The van der Waals surface area contributed by atoms with Gasteiger partial charge in [-0.05, 0) is 49.7 Å². The first-order valence-corrected chi connectivity index (χ1v) is 8.63. The van der Waals surface area contributed by atoms with Gasteiger partial charge in [-0.2, -0.15) is 4.98 Å². The molecule has 6 heteroatoms. The van der Waals surface area contributed by atoms with Crippen LogP contribution in [0.25, 0.3) is 11.4 Å². The van der Waals surface area contributed by atoms with Gasteiger partial charge in [0.2, 0.25) is 5.82 Å². The third-order valence-electron chi connectivity index (χ3n) is 5.13. The number of ether oxygens (including phenoxy) is 1. The van der Waals surface area contributed by atoms with E-state index in [1.807, 2.05) is 12.1 Å². The van der Waals surface area contributed by atoms with E-state index in [1.54, 1.807) is 12.1 Å². The number of rotatable bonds is 4. The molecule has 3 fully saturated rings. The van der Waals surface area contributed by atoms with E-state index in [-0.39, 0.29) is 12.0 Å². The lowest BCUT2D eigenvalue weighted by Crippen LogP contribution is -2.25. The van der Waals surface area contributed by atoms with E-state index < -0.39 is 0 Å². The molecule has 2 aromatic rings. The van der Waals surface area contributed by atoms with E-state index in [4.69, 9.17) is 9.26 Å². The second-order valence-electron chi connectivity index (χ2n) is 7.09. The quantitative estimate of drug-likeness (QED) is 0.935. The number of nitrogens with zero attached hydrogens (tertiary/aromatic N) is 2. The van der Waals surface area contributed by atoms with E-state index in [0.29, 0.717) is 23.3 Å². The molecular weight excluding hydrogens is 306 g/mol. The topological polar surface area (TPSA) is 77.2 Å². The third kappa shape index (κ3) is 2.71. The molecule has 1 N–H and O–H groups in total. The summed E-state index contributed by atoms with van der Waals surface area (Å²) >= 11 is 0. The molecular formula is C18H19N3O3. The second kappa shape index (κ2) is 5.41. The van der Waals surface area contributed by atoms with Gasteiger partial charge in [-0.3, -0.25) is 4.79 Å². The Bertz CT molecular complexity index is 766. The molecule has 1 saturated heterocycles. The van der Waals surface area contributed by atoms with Crippen LogP contribution in [0.3, 0.4) is 0 Å². The van der Waals surface area contributed by atoms with Gasteiger partial charge in [0.05, 0.1) is 6.61 Å². The lowest BCUT2D eigenvalue weighted by atomic mass is 10.1. The van der Waals surface area contributed by atoms with Crippen molar-refractivity contribution in [1.29, 1.82) is 0 Å². The van der Waals surface area contributed by atoms with Gasteiger partial charge >= 0.3 is 0 Å². The van der Waals surface area contributed by atoms with Gasteiger partial charge in [0.15, 0.2) is 0 Å². The molecule has 0 radical (unpaired) electrons. The molecule has 24 heavy (non-hydrogen) atoms. The summed E-state index contributed by atoms with van der Waals surface area (Å²) in [5, 5.41) is 7.05. The van der Waals surface area contributed by atoms with E-state index in [2.05, 4.69) is 15.5 Å². The predicted octanol–water partition coefficient (Wildman–Crippen LogP) is 2.73. The zero-order chi connectivity index (χ0) is 16.1. The number of nitrogens with one attached hydrogen (secondary N) is 1. The number of hydrogen-bond donors (Lipinski definition) is 1. The number of carbonyl (C=O) groups excluding carboxylic acids is 1. The van der Waals surface area contributed by atoms with Crippen molar-refractivity contribution in [2.75, 3.05) is 6.61 Å². The summed E-state index contributed by atoms with van der Waals surface area (Å²) in [5.41, 5.74) is 1.50. The van der Waals surface area contributed by atoms with Crippen molar-refractivity contribution in [2.24, 2.45) is 11.8 Å². The molecule has 2 aliphatic carbocycles. The molecule has 3 unspecified atom stereocenters. The maximum atomic E-state index is 12.0. The molecule has 0 spiro atoms. The summed E-state index contributed by atoms with van der Waals surface area (Å²) in [4.78, 5) is 16.5. The molecule has 1 aromatic heterocycles. The molecule has 3 aliphatic rings. The minimum absolute atomic E-state index is 0.0209. The first-order valence-electron chi connectivity index (χ1n) is 8.63. The lowest BCUT2D eigenvalue weighted by Gasteiger charge is -2.18. The zero-order valence-corrected chi connectivity index (χ0v) is 13.3. The van der Waals surface area contributed by atoms with Gasteiger partial charge in [-0.15, -0.1) is 0 Å². The van der Waals surface area contributed by atoms with E-state index in [1.165, 1.54) is 6.42 Å². The summed E-state index contributed by atoms with van der Waals surface area (Å²) < 4.78 is 11.2. The average Bonchev–Trinajstić information content (AvgIpc) is 3.53. The van der Waals surface area contributed by atoms with Gasteiger partial charge < -0.3 is 14.6 Å². The number of benzene rings is 1. The van der Waals surface area contributed by atoms with Gasteiger partial charge in [0.1, 0.15) is 6.10 Å². The maximum absolute atomic E-state index is 12.0. The first-order chi connectivity index (χ1) is 11.8. The van der Waals surface area contributed by atoms with Gasteiger partial charge in [0, 0.05) is 17.2 Å². The Labute approximate surface area is 139 Å². The minimum atomic E-state index is -0.0707. The highest BCUT2D eigenvalue weighted by molar-refractivity contribution is 5.94. The van der Waals surface area contributed by atoms with Crippen molar-refractivity contribution in [3.63, 3.8) is 0 Å². The van der Waals surface area contributed by atoms with Crippen LogP contribution in [0.1, 0.15) is 48.0 Å². The van der Waals surface area contributed by atoms with E-state index in [9.17, 15) is 4.79 Å². The van der Waals surface area contributed by atoms with Crippen LogP contribution in [0.2, 0.25) is 0 Å². The molecule has 1 aliphatic heterocycles. The van der Waals surface area contributed by atoms with Crippen LogP contribution in [0.4, 0.5) is 0 Å².